The van der Waals surface area contributed by atoms with Gasteiger partial charge >= 0.3 is 5.97 Å². The normalized spacial score (nSPS) is 15.3. The minimum absolute atomic E-state index is 0.457. The summed E-state index contributed by atoms with van der Waals surface area (Å²) in [7, 11) is 2.13. The van der Waals surface area contributed by atoms with Gasteiger partial charge in [-0.05, 0) is 48.9 Å². The molecule has 2 N–H and O–H groups in total. The largest absolute Gasteiger partial charge is 0.480 e. The predicted molar refractivity (Wildman–Crippen MR) is 136 cm³/mol. The number of aromatic nitrogens is 1. The number of carboxylic acids is 1. The van der Waals surface area contributed by atoms with Crippen molar-refractivity contribution < 1.29 is 9.90 Å². The highest BCUT2D eigenvalue weighted by Crippen LogP contribution is 2.33. The number of thiazole rings is 1. The van der Waals surface area contributed by atoms with E-state index in [2.05, 4.69) is 70.8 Å². The molecule has 174 valence electrons. The van der Waals surface area contributed by atoms with Crippen molar-refractivity contribution in [2.24, 2.45) is 0 Å². The smallest absolute Gasteiger partial charge is 0.320 e. The van der Waals surface area contributed by atoms with Crippen molar-refractivity contribution in [3.8, 4) is 11.3 Å². The van der Waals surface area contributed by atoms with Crippen molar-refractivity contribution in [3.05, 3.63) is 70.0 Å². The van der Waals surface area contributed by atoms with Gasteiger partial charge in [0.05, 0.1) is 5.69 Å². The third-order valence-electron chi connectivity index (χ3n) is 6.56. The van der Waals surface area contributed by atoms with Crippen LogP contribution in [0.4, 0.5) is 5.69 Å². The Morgan fingerprint density at radius 3 is 2.48 bits per heavy atom. The van der Waals surface area contributed by atoms with Crippen LogP contribution >= 0.6 is 11.3 Å². The lowest BCUT2D eigenvalue weighted by molar-refractivity contribution is -0.139. The van der Waals surface area contributed by atoms with Gasteiger partial charge in [-0.3, -0.25) is 10.1 Å². The van der Waals surface area contributed by atoms with Gasteiger partial charge in [-0.15, -0.1) is 11.3 Å². The third kappa shape index (κ3) is 6.21. The molecule has 0 saturated heterocycles. The second kappa shape index (κ2) is 10.9. The minimum atomic E-state index is -0.855. The summed E-state index contributed by atoms with van der Waals surface area (Å²) in [6.45, 7) is 2.97. The maximum absolute atomic E-state index is 10.9. The van der Waals surface area contributed by atoms with Gasteiger partial charge in [0.1, 0.15) is 11.0 Å². The summed E-state index contributed by atoms with van der Waals surface area (Å²) >= 11 is 1.54. The molecule has 0 amide bonds. The molecule has 1 aromatic heterocycles. The van der Waals surface area contributed by atoms with E-state index in [1.54, 1.807) is 18.3 Å². The van der Waals surface area contributed by atoms with Gasteiger partial charge in [-0.1, -0.05) is 55.7 Å². The molecule has 0 aliphatic heterocycles. The number of carboxylic acid groups (broad SMARTS) is 1. The summed E-state index contributed by atoms with van der Waals surface area (Å²) < 4.78 is 0. The van der Waals surface area contributed by atoms with Crippen LogP contribution in [0, 0.1) is 0 Å². The van der Waals surface area contributed by atoms with Crippen molar-refractivity contribution in [1.82, 2.24) is 10.3 Å². The summed E-state index contributed by atoms with van der Waals surface area (Å²) in [5.41, 5.74) is 5.99. The number of carbonyl (C=O) groups is 1. The van der Waals surface area contributed by atoms with Crippen LogP contribution < -0.4 is 10.2 Å². The Morgan fingerprint density at radius 2 is 1.82 bits per heavy atom. The molecule has 1 heterocycles. The quantitative estimate of drug-likeness (QED) is 0.404. The molecule has 3 aromatic rings. The summed E-state index contributed by atoms with van der Waals surface area (Å²) in [6.07, 6.45) is 6.81. The molecular formula is C27H33N3O2S. The lowest BCUT2D eigenvalue weighted by Gasteiger charge is -2.23. The number of benzene rings is 2. The molecule has 0 spiro atoms. The minimum Gasteiger partial charge on any atom is -0.480 e. The van der Waals surface area contributed by atoms with E-state index in [0.29, 0.717) is 6.54 Å². The third-order valence-corrected chi connectivity index (χ3v) is 7.41. The van der Waals surface area contributed by atoms with Gasteiger partial charge in [0.2, 0.25) is 0 Å². The van der Waals surface area contributed by atoms with E-state index in [4.69, 9.17) is 5.11 Å². The van der Waals surface area contributed by atoms with E-state index in [0.717, 1.165) is 28.7 Å². The summed E-state index contributed by atoms with van der Waals surface area (Å²) in [5.74, 6) is -0.104. The standard InChI is InChI=1S/C27H33N3O2S/c1-19(27(31)32)28-16-26-29-25(18-33-26)23-12-14-24(15-13-23)30(2)17-20-8-10-22(11-9-20)21-6-4-3-5-7-21/h8-15,18-19,21,28H,3-7,16-17H2,1-2H3,(H,31,32). The molecule has 1 unspecified atom stereocenters. The van der Waals surface area contributed by atoms with E-state index in [-0.39, 0.29) is 0 Å². The number of nitrogens with zero attached hydrogens (tertiary/aromatic N) is 2. The Hall–Kier alpha value is -2.70. The van der Waals surface area contributed by atoms with E-state index in [9.17, 15) is 4.79 Å². The van der Waals surface area contributed by atoms with Crippen LogP contribution in [0.15, 0.2) is 53.9 Å². The average molecular weight is 464 g/mol. The number of hydrogen-bond donors (Lipinski definition) is 2. The first kappa shape index (κ1) is 23.5. The Kier molecular flexibility index (Phi) is 7.78. The number of rotatable bonds is 9. The van der Waals surface area contributed by atoms with Crippen LogP contribution in [0.25, 0.3) is 11.3 Å². The van der Waals surface area contributed by atoms with E-state index in [1.165, 1.54) is 48.9 Å². The Labute approximate surface area is 200 Å². The predicted octanol–water partition coefficient (Wildman–Crippen LogP) is 6.06. The fraction of sp³-hybridized carbons (Fsp3) is 0.407. The molecule has 0 radical (unpaired) electrons. The van der Waals surface area contributed by atoms with Crippen LogP contribution in [-0.4, -0.2) is 29.1 Å². The zero-order valence-electron chi connectivity index (χ0n) is 19.5. The lowest BCUT2D eigenvalue weighted by atomic mass is 9.84. The molecule has 4 rings (SSSR count). The van der Waals surface area contributed by atoms with Gasteiger partial charge in [-0.2, -0.15) is 0 Å². The zero-order chi connectivity index (χ0) is 23.2. The SMILES string of the molecule is CC(NCc1nc(-c2ccc(N(C)Cc3ccc(C4CCCCC4)cc3)cc2)cs1)C(=O)O. The highest BCUT2D eigenvalue weighted by Gasteiger charge is 2.15. The molecule has 1 aliphatic rings. The Bertz CT molecular complexity index is 1040. The zero-order valence-corrected chi connectivity index (χ0v) is 20.3. The molecule has 1 fully saturated rings. The second-order valence-electron chi connectivity index (χ2n) is 9.05. The topological polar surface area (TPSA) is 65.5 Å². The molecular weight excluding hydrogens is 430 g/mol. The van der Waals surface area contributed by atoms with Crippen LogP contribution in [0.1, 0.15) is 61.1 Å². The van der Waals surface area contributed by atoms with Gasteiger partial charge in [0, 0.05) is 36.8 Å². The Morgan fingerprint density at radius 1 is 1.12 bits per heavy atom. The fourth-order valence-corrected chi connectivity index (χ4v) is 5.19. The first-order valence-corrected chi connectivity index (χ1v) is 12.7. The van der Waals surface area contributed by atoms with Crippen LogP contribution in [-0.2, 0) is 17.9 Å². The van der Waals surface area contributed by atoms with Crippen molar-refractivity contribution >= 4 is 23.0 Å². The lowest BCUT2D eigenvalue weighted by Crippen LogP contribution is -2.33. The highest BCUT2D eigenvalue weighted by atomic mass is 32.1. The summed E-state index contributed by atoms with van der Waals surface area (Å²) in [6, 6.07) is 17.1. The van der Waals surface area contributed by atoms with Gasteiger partial charge in [0.15, 0.2) is 0 Å². The van der Waals surface area contributed by atoms with E-state index >= 15 is 0 Å². The first-order valence-electron chi connectivity index (χ1n) is 11.8. The van der Waals surface area contributed by atoms with Gasteiger partial charge < -0.3 is 10.0 Å². The van der Waals surface area contributed by atoms with Crippen LogP contribution in [0.2, 0.25) is 0 Å². The monoisotopic (exact) mass is 463 g/mol. The van der Waals surface area contributed by atoms with Crippen molar-refractivity contribution in [1.29, 1.82) is 0 Å². The maximum Gasteiger partial charge on any atom is 0.320 e. The highest BCUT2D eigenvalue weighted by molar-refractivity contribution is 7.09. The molecule has 33 heavy (non-hydrogen) atoms. The molecule has 2 aromatic carbocycles. The van der Waals surface area contributed by atoms with Crippen molar-refractivity contribution in [3.63, 3.8) is 0 Å². The molecule has 6 heteroatoms. The number of anilines is 1. The number of aliphatic carboxylic acids is 1. The molecule has 1 aliphatic carbocycles. The maximum atomic E-state index is 10.9. The van der Waals surface area contributed by atoms with Crippen LogP contribution in [0.3, 0.4) is 0 Å². The average Bonchev–Trinajstić information content (AvgIpc) is 3.32. The van der Waals surface area contributed by atoms with Gasteiger partial charge in [-0.25, -0.2) is 4.98 Å². The summed E-state index contributed by atoms with van der Waals surface area (Å²) in [5, 5.41) is 14.9. The van der Waals surface area contributed by atoms with E-state index in [1.807, 2.05) is 5.38 Å². The number of hydrogen-bond acceptors (Lipinski definition) is 5. The fourth-order valence-electron chi connectivity index (χ4n) is 4.44. The van der Waals surface area contributed by atoms with E-state index < -0.39 is 12.0 Å². The van der Waals surface area contributed by atoms with Crippen LogP contribution in [0.5, 0.6) is 0 Å². The Balaban J connectivity index is 1.33. The molecule has 1 saturated carbocycles. The molecule has 1 atom stereocenters. The second-order valence-corrected chi connectivity index (χ2v) is 9.99. The molecule has 0 bridgehead atoms. The number of nitrogens with one attached hydrogen (secondary N) is 1. The summed E-state index contributed by atoms with van der Waals surface area (Å²) in [4.78, 5) is 17.9. The first-order chi connectivity index (χ1) is 16.0. The van der Waals surface area contributed by atoms with Gasteiger partial charge in [0.25, 0.3) is 0 Å². The van der Waals surface area contributed by atoms with Crippen molar-refractivity contribution in [2.45, 2.75) is 64.1 Å². The van der Waals surface area contributed by atoms with Crippen molar-refractivity contribution in [2.75, 3.05) is 11.9 Å². The molecule has 5 nitrogen and oxygen atoms in total.